The highest BCUT2D eigenvalue weighted by Gasteiger charge is 2.23. The van der Waals surface area contributed by atoms with E-state index < -0.39 is 5.60 Å². The van der Waals surface area contributed by atoms with Crippen molar-refractivity contribution >= 4 is 39.8 Å². The van der Waals surface area contributed by atoms with E-state index in [1.165, 1.54) is 0 Å². The molecule has 1 fully saturated rings. The van der Waals surface area contributed by atoms with E-state index in [1.54, 1.807) is 6.21 Å². The van der Waals surface area contributed by atoms with E-state index in [0.29, 0.717) is 5.03 Å². The second kappa shape index (κ2) is 11.7. The molecule has 5 nitrogen and oxygen atoms in total. The number of nitrogens with zero attached hydrogens (tertiary/aromatic N) is 2. The van der Waals surface area contributed by atoms with Crippen molar-refractivity contribution in [3.8, 4) is 0 Å². The van der Waals surface area contributed by atoms with Crippen LogP contribution in [0.5, 0.6) is 0 Å². The second-order valence-electron chi connectivity index (χ2n) is 7.63. The number of alkyl carbamates (subject to hydrolysis) is 1. The number of amides is 1. The van der Waals surface area contributed by atoms with Crippen LogP contribution in [0.25, 0.3) is 0 Å². The Balaban J connectivity index is 2.46. The van der Waals surface area contributed by atoms with Gasteiger partial charge in [-0.2, -0.15) is 0 Å². The molecule has 1 aliphatic heterocycles. The molecule has 1 N–H and O–H groups in total. The molecule has 1 heterocycles. The first kappa shape index (κ1) is 23.9. The van der Waals surface area contributed by atoms with E-state index >= 15 is 0 Å². The fourth-order valence-electron chi connectivity index (χ4n) is 2.60. The van der Waals surface area contributed by atoms with Crippen LogP contribution in [0.2, 0.25) is 0 Å². The number of likely N-dealkylation sites (tertiary alicyclic amines) is 1. The van der Waals surface area contributed by atoms with Gasteiger partial charge in [0, 0.05) is 44.0 Å². The summed E-state index contributed by atoms with van der Waals surface area (Å²) in [6.07, 6.45) is 7.85. The monoisotopic (exact) mass is 459 g/mol. The largest absolute Gasteiger partial charge is 0.444 e. The lowest BCUT2D eigenvalue weighted by Gasteiger charge is -2.32. The van der Waals surface area contributed by atoms with Gasteiger partial charge in [0.25, 0.3) is 0 Å². The summed E-state index contributed by atoms with van der Waals surface area (Å²) in [6.45, 7) is 14.0. The Kier molecular flexibility index (Phi) is 10.3. The van der Waals surface area contributed by atoms with Crippen LogP contribution in [-0.4, -0.2) is 48.5 Å². The molecule has 27 heavy (non-hydrogen) atoms. The van der Waals surface area contributed by atoms with E-state index in [0.717, 1.165) is 49.1 Å². The van der Waals surface area contributed by atoms with Crippen LogP contribution in [0.15, 0.2) is 38.9 Å². The molecular weight excluding hydrogens is 430 g/mol. The van der Waals surface area contributed by atoms with Gasteiger partial charge in [-0.05, 0) is 51.1 Å². The number of rotatable bonds is 7. The van der Waals surface area contributed by atoms with Crippen LogP contribution in [0, 0.1) is 0 Å². The molecule has 0 radical (unpaired) electrons. The van der Waals surface area contributed by atoms with Crippen molar-refractivity contribution in [1.82, 2.24) is 10.2 Å². The summed E-state index contributed by atoms with van der Waals surface area (Å²) in [5.74, 6) is 0. The molecular formula is C20H31BrClN3O2. The maximum Gasteiger partial charge on any atom is 0.407 e. The summed E-state index contributed by atoms with van der Waals surface area (Å²) in [4.78, 5) is 18.7. The first-order valence-electron chi connectivity index (χ1n) is 9.18. The molecule has 0 atom stereocenters. The van der Waals surface area contributed by atoms with Crippen LogP contribution < -0.4 is 5.32 Å². The Hall–Kier alpha value is -1.11. The van der Waals surface area contributed by atoms with Crippen LogP contribution in [0.3, 0.4) is 0 Å². The van der Waals surface area contributed by atoms with E-state index in [2.05, 4.69) is 37.7 Å². The minimum absolute atomic E-state index is 0.169. The molecule has 0 spiro atoms. The summed E-state index contributed by atoms with van der Waals surface area (Å²) in [5, 5.41) is 3.38. The molecule has 152 valence electrons. The zero-order valence-corrected chi connectivity index (χ0v) is 19.1. The molecule has 0 bridgehead atoms. The average molecular weight is 461 g/mol. The van der Waals surface area contributed by atoms with Crippen molar-refractivity contribution < 1.29 is 9.53 Å². The van der Waals surface area contributed by atoms with Crippen molar-refractivity contribution in [2.75, 3.05) is 19.6 Å². The minimum Gasteiger partial charge on any atom is -0.444 e. The van der Waals surface area contributed by atoms with Crippen LogP contribution >= 0.6 is 27.5 Å². The Labute approximate surface area is 176 Å². The summed E-state index contributed by atoms with van der Waals surface area (Å²) in [7, 11) is 0. The van der Waals surface area contributed by atoms with Gasteiger partial charge in [0.1, 0.15) is 5.60 Å². The number of aliphatic imine (C=N–C) groups is 1. The predicted molar refractivity (Wildman–Crippen MR) is 118 cm³/mol. The molecule has 0 aromatic heterocycles. The van der Waals surface area contributed by atoms with Gasteiger partial charge in [0.05, 0.1) is 5.03 Å². The molecule has 7 heteroatoms. The third kappa shape index (κ3) is 12.1. The highest BCUT2D eigenvalue weighted by molar-refractivity contribution is 9.11. The van der Waals surface area contributed by atoms with Crippen LogP contribution in [0.1, 0.15) is 47.0 Å². The number of hydrogen-bond acceptors (Lipinski definition) is 4. The Bertz CT molecular complexity index is 597. The highest BCUT2D eigenvalue weighted by Crippen LogP contribution is 2.15. The fraction of sp³-hybridized carbons (Fsp3) is 0.600. The van der Waals surface area contributed by atoms with Gasteiger partial charge in [-0.1, -0.05) is 40.2 Å². The molecule has 0 saturated carbocycles. The molecule has 0 aromatic carbocycles. The quantitative estimate of drug-likeness (QED) is 0.410. The maximum absolute atomic E-state index is 11.9. The zero-order valence-electron chi connectivity index (χ0n) is 16.7. The van der Waals surface area contributed by atoms with Crippen molar-refractivity contribution in [3.63, 3.8) is 0 Å². The standard InChI is InChI=1S/C20H31BrClN3O2/c1-15(21)6-7-17(23-14-16(2)22)8-11-25-12-9-18(10-13-25)24-19(26)27-20(3,4)5/h6-7,14,18H,2,8-13H2,1,3-5H3,(H,24,26)/b15-6+,17-7+,23-14-. The topological polar surface area (TPSA) is 53.9 Å². The van der Waals surface area contributed by atoms with Crippen molar-refractivity contribution in [1.29, 1.82) is 0 Å². The van der Waals surface area contributed by atoms with Gasteiger partial charge >= 0.3 is 6.09 Å². The lowest BCUT2D eigenvalue weighted by molar-refractivity contribution is 0.0479. The van der Waals surface area contributed by atoms with Gasteiger partial charge in [0.2, 0.25) is 0 Å². The summed E-state index contributed by atoms with van der Waals surface area (Å²) in [6, 6.07) is 0.169. The Morgan fingerprint density at radius 3 is 2.52 bits per heavy atom. The Morgan fingerprint density at radius 2 is 2.00 bits per heavy atom. The van der Waals surface area contributed by atoms with Gasteiger partial charge < -0.3 is 15.0 Å². The number of halogens is 2. The maximum atomic E-state index is 11.9. The number of nitrogens with one attached hydrogen (secondary N) is 1. The van der Waals surface area contributed by atoms with Crippen molar-refractivity contribution in [2.45, 2.75) is 58.6 Å². The second-order valence-corrected chi connectivity index (χ2v) is 9.36. The zero-order chi connectivity index (χ0) is 20.4. The molecule has 1 amide bonds. The van der Waals surface area contributed by atoms with Gasteiger partial charge in [-0.25, -0.2) is 4.79 Å². The fourth-order valence-corrected chi connectivity index (χ4v) is 2.78. The molecule has 0 aromatic rings. The number of carbonyl (C=O) groups is 1. The normalized spacial score (nSPS) is 18.0. The SMILES string of the molecule is C=C(Cl)\C=N/C(=C/C=C(\C)Br)CCN1CCC(NC(=O)OC(C)(C)C)CC1. The number of hydrogen-bond donors (Lipinski definition) is 1. The molecule has 0 unspecified atom stereocenters. The van der Waals surface area contributed by atoms with E-state index in [9.17, 15) is 4.79 Å². The van der Waals surface area contributed by atoms with Crippen molar-refractivity contribution in [2.24, 2.45) is 4.99 Å². The molecule has 0 aliphatic carbocycles. The number of carbonyl (C=O) groups excluding carboxylic acids is 1. The smallest absolute Gasteiger partial charge is 0.407 e. The molecule has 1 aliphatic rings. The lowest BCUT2D eigenvalue weighted by atomic mass is 10.0. The number of piperidine rings is 1. The highest BCUT2D eigenvalue weighted by atomic mass is 79.9. The van der Waals surface area contributed by atoms with Crippen LogP contribution in [0.4, 0.5) is 4.79 Å². The van der Waals surface area contributed by atoms with Gasteiger partial charge in [-0.15, -0.1) is 0 Å². The van der Waals surface area contributed by atoms with Gasteiger partial charge in [-0.3, -0.25) is 4.99 Å². The Morgan fingerprint density at radius 1 is 1.37 bits per heavy atom. The van der Waals surface area contributed by atoms with E-state index in [-0.39, 0.29) is 12.1 Å². The van der Waals surface area contributed by atoms with E-state index in [4.69, 9.17) is 16.3 Å². The lowest BCUT2D eigenvalue weighted by Crippen LogP contribution is -2.46. The molecule has 1 rings (SSSR count). The third-order valence-electron chi connectivity index (χ3n) is 3.87. The molecule has 1 saturated heterocycles. The third-order valence-corrected chi connectivity index (χ3v) is 4.23. The summed E-state index contributed by atoms with van der Waals surface area (Å²) >= 11 is 9.20. The minimum atomic E-state index is -0.468. The number of ether oxygens (including phenoxy) is 1. The first-order valence-corrected chi connectivity index (χ1v) is 10.4. The van der Waals surface area contributed by atoms with Crippen LogP contribution in [-0.2, 0) is 4.74 Å². The summed E-state index contributed by atoms with van der Waals surface area (Å²) in [5.41, 5.74) is 0.481. The van der Waals surface area contributed by atoms with E-state index in [1.807, 2.05) is 39.8 Å². The van der Waals surface area contributed by atoms with Crippen molar-refractivity contribution in [3.05, 3.63) is 33.9 Å². The number of allylic oxidation sites excluding steroid dienone is 4. The first-order chi connectivity index (χ1) is 12.5. The summed E-state index contributed by atoms with van der Waals surface area (Å²) < 4.78 is 6.36. The predicted octanol–water partition coefficient (Wildman–Crippen LogP) is 5.37. The van der Waals surface area contributed by atoms with Gasteiger partial charge in [0.15, 0.2) is 0 Å². The average Bonchev–Trinajstić information content (AvgIpc) is 2.53.